The van der Waals surface area contributed by atoms with Gasteiger partial charge in [-0.1, -0.05) is 6.07 Å². The maximum Gasteiger partial charge on any atom is 0.191 e. The van der Waals surface area contributed by atoms with E-state index in [1.807, 2.05) is 13.1 Å². The quantitative estimate of drug-likeness (QED) is 0.183. The lowest BCUT2D eigenvalue weighted by Crippen LogP contribution is -2.38. The predicted octanol–water partition coefficient (Wildman–Crippen LogP) is 3.77. The monoisotopic (exact) mass is 556 g/mol. The van der Waals surface area contributed by atoms with Gasteiger partial charge < -0.3 is 30.2 Å². The fraction of sp³-hybridized carbons (Fsp3) is 0.348. The minimum Gasteiger partial charge on any atom is -0.493 e. The molecular formula is C23H30FIN4O3. The molecule has 1 unspecified atom stereocenters. The summed E-state index contributed by atoms with van der Waals surface area (Å²) in [6.45, 7) is 3.46. The summed E-state index contributed by atoms with van der Waals surface area (Å²) in [5.41, 5.74) is 2.64. The molecule has 0 radical (unpaired) electrons. The van der Waals surface area contributed by atoms with Crippen molar-refractivity contribution in [3.05, 3.63) is 59.5 Å². The van der Waals surface area contributed by atoms with E-state index in [9.17, 15) is 9.50 Å². The van der Waals surface area contributed by atoms with E-state index >= 15 is 0 Å². The predicted molar refractivity (Wildman–Crippen MR) is 136 cm³/mol. The van der Waals surface area contributed by atoms with Gasteiger partial charge in [-0.15, -0.1) is 24.0 Å². The largest absolute Gasteiger partial charge is 0.493 e. The van der Waals surface area contributed by atoms with E-state index in [4.69, 9.17) is 9.47 Å². The molecule has 1 atom stereocenters. The molecule has 174 valence electrons. The second-order valence-corrected chi connectivity index (χ2v) is 7.03. The second-order valence-electron chi connectivity index (χ2n) is 7.03. The summed E-state index contributed by atoms with van der Waals surface area (Å²) in [6.07, 6.45) is 1.81. The van der Waals surface area contributed by atoms with Crippen molar-refractivity contribution in [3.63, 3.8) is 0 Å². The standard InChI is InChI=1S/C23H29FN4O3.HI/c1-4-25-23(26-10-9-16-13-27-19-7-6-17(24)12-18(16)19)28-14-20(29)15-5-8-21(30-2)22(11-15)31-3;/h5-8,11-13,20,27,29H,4,9-10,14H2,1-3H3,(H2,25,26,28);1H. The van der Waals surface area contributed by atoms with Crippen LogP contribution in [0.4, 0.5) is 4.39 Å². The van der Waals surface area contributed by atoms with Gasteiger partial charge in [0.05, 0.1) is 26.9 Å². The highest BCUT2D eigenvalue weighted by molar-refractivity contribution is 14.0. The number of H-pyrrole nitrogens is 1. The van der Waals surface area contributed by atoms with Crippen LogP contribution in [0.1, 0.15) is 24.2 Å². The Bertz CT molecular complexity index is 1040. The van der Waals surface area contributed by atoms with Crippen LogP contribution in [-0.2, 0) is 6.42 Å². The molecule has 0 bridgehead atoms. The van der Waals surface area contributed by atoms with Gasteiger partial charge in [0, 0.05) is 30.2 Å². The fourth-order valence-electron chi connectivity index (χ4n) is 3.36. The summed E-state index contributed by atoms with van der Waals surface area (Å²) in [4.78, 5) is 7.65. The maximum atomic E-state index is 13.6. The number of fused-ring (bicyclic) bond motifs is 1. The summed E-state index contributed by atoms with van der Waals surface area (Å²) in [5.74, 6) is 1.52. The molecular weight excluding hydrogens is 526 g/mol. The third-order valence-electron chi connectivity index (χ3n) is 4.98. The average molecular weight is 556 g/mol. The van der Waals surface area contributed by atoms with Crippen molar-refractivity contribution in [2.45, 2.75) is 19.4 Å². The topological polar surface area (TPSA) is 90.9 Å². The number of aliphatic imine (C=N–C) groups is 1. The van der Waals surface area contributed by atoms with Gasteiger partial charge in [-0.05, 0) is 54.8 Å². The number of ether oxygens (including phenoxy) is 2. The molecule has 1 heterocycles. The van der Waals surface area contributed by atoms with Crippen molar-refractivity contribution in [3.8, 4) is 11.5 Å². The molecule has 0 saturated heterocycles. The Balaban J connectivity index is 0.00000363. The van der Waals surface area contributed by atoms with Gasteiger partial charge in [0.25, 0.3) is 0 Å². The number of aromatic nitrogens is 1. The number of aliphatic hydroxyl groups excluding tert-OH is 1. The van der Waals surface area contributed by atoms with Gasteiger partial charge >= 0.3 is 0 Å². The number of rotatable bonds is 9. The SMILES string of the molecule is CCNC(=NCC(O)c1ccc(OC)c(OC)c1)NCCc1c[nH]c2ccc(F)cc12.I. The van der Waals surface area contributed by atoms with Crippen LogP contribution in [0.25, 0.3) is 10.9 Å². The number of guanidine groups is 1. The van der Waals surface area contributed by atoms with Crippen LogP contribution in [-0.4, -0.2) is 49.9 Å². The molecule has 1 aromatic heterocycles. The molecule has 0 aliphatic carbocycles. The highest BCUT2D eigenvalue weighted by Gasteiger charge is 2.12. The highest BCUT2D eigenvalue weighted by Crippen LogP contribution is 2.30. The summed E-state index contributed by atoms with van der Waals surface area (Å²) in [5, 5.41) is 17.9. The average Bonchev–Trinajstić information content (AvgIpc) is 3.18. The van der Waals surface area contributed by atoms with E-state index in [1.165, 1.54) is 6.07 Å². The number of nitrogens with one attached hydrogen (secondary N) is 3. The van der Waals surface area contributed by atoms with Gasteiger partial charge in [0.1, 0.15) is 5.82 Å². The molecule has 7 nitrogen and oxygen atoms in total. The fourth-order valence-corrected chi connectivity index (χ4v) is 3.36. The molecule has 4 N–H and O–H groups in total. The zero-order valence-corrected chi connectivity index (χ0v) is 20.8. The maximum absolute atomic E-state index is 13.6. The first-order chi connectivity index (χ1) is 15.0. The third kappa shape index (κ3) is 6.49. The number of nitrogens with zero attached hydrogens (tertiary/aromatic N) is 1. The van der Waals surface area contributed by atoms with Crippen molar-refractivity contribution in [2.75, 3.05) is 33.9 Å². The van der Waals surface area contributed by atoms with Crippen LogP contribution in [0.15, 0.2) is 47.6 Å². The molecule has 0 fully saturated rings. The van der Waals surface area contributed by atoms with Crippen LogP contribution in [0.3, 0.4) is 0 Å². The second kappa shape index (κ2) is 12.5. The van der Waals surface area contributed by atoms with E-state index < -0.39 is 6.10 Å². The molecule has 0 aliphatic rings. The first-order valence-corrected chi connectivity index (χ1v) is 10.2. The lowest BCUT2D eigenvalue weighted by Gasteiger charge is -2.15. The van der Waals surface area contributed by atoms with Crippen molar-refractivity contribution in [2.24, 2.45) is 4.99 Å². The van der Waals surface area contributed by atoms with Crippen molar-refractivity contribution in [1.82, 2.24) is 15.6 Å². The number of hydrogen-bond acceptors (Lipinski definition) is 4. The zero-order valence-electron chi connectivity index (χ0n) is 18.4. The van der Waals surface area contributed by atoms with Gasteiger partial charge in [0.15, 0.2) is 17.5 Å². The Hall–Kier alpha value is -2.53. The smallest absolute Gasteiger partial charge is 0.191 e. The summed E-state index contributed by atoms with van der Waals surface area (Å²) in [6, 6.07) is 10.0. The molecule has 9 heteroatoms. The Labute approximate surface area is 204 Å². The Kier molecular flexibility index (Phi) is 10.0. The van der Waals surface area contributed by atoms with Gasteiger partial charge in [-0.25, -0.2) is 4.39 Å². The molecule has 3 rings (SSSR count). The van der Waals surface area contributed by atoms with Crippen molar-refractivity contribution >= 4 is 40.8 Å². The number of hydrogen-bond donors (Lipinski definition) is 4. The summed E-state index contributed by atoms with van der Waals surface area (Å²) < 4.78 is 24.1. The van der Waals surface area contributed by atoms with E-state index in [-0.39, 0.29) is 36.3 Å². The van der Waals surface area contributed by atoms with E-state index in [2.05, 4.69) is 20.6 Å². The Morgan fingerprint density at radius 1 is 1.12 bits per heavy atom. The molecule has 0 aliphatic heterocycles. The number of halogens is 2. The van der Waals surface area contributed by atoms with Gasteiger partial charge in [0.2, 0.25) is 0 Å². The molecule has 0 saturated carbocycles. The van der Waals surface area contributed by atoms with Crippen molar-refractivity contribution < 1.29 is 19.0 Å². The number of aromatic amines is 1. The van der Waals surface area contributed by atoms with Crippen LogP contribution in [0.2, 0.25) is 0 Å². The van der Waals surface area contributed by atoms with E-state index in [0.717, 1.165) is 16.5 Å². The van der Waals surface area contributed by atoms with Gasteiger partial charge in [-0.2, -0.15) is 0 Å². The highest BCUT2D eigenvalue weighted by atomic mass is 127. The number of benzene rings is 2. The molecule has 3 aromatic rings. The molecule has 2 aromatic carbocycles. The minimum atomic E-state index is -0.785. The third-order valence-corrected chi connectivity index (χ3v) is 4.98. The normalized spacial score (nSPS) is 12.2. The summed E-state index contributed by atoms with van der Waals surface area (Å²) >= 11 is 0. The van der Waals surface area contributed by atoms with Crippen LogP contribution >= 0.6 is 24.0 Å². The first kappa shape index (κ1) is 25.7. The summed E-state index contributed by atoms with van der Waals surface area (Å²) in [7, 11) is 3.13. The Morgan fingerprint density at radius 2 is 1.91 bits per heavy atom. The van der Waals surface area contributed by atoms with Crippen LogP contribution < -0.4 is 20.1 Å². The molecule has 0 amide bonds. The lowest BCUT2D eigenvalue weighted by molar-refractivity contribution is 0.186. The zero-order chi connectivity index (χ0) is 22.2. The first-order valence-electron chi connectivity index (χ1n) is 10.2. The van der Waals surface area contributed by atoms with E-state index in [1.54, 1.807) is 44.6 Å². The molecule has 32 heavy (non-hydrogen) atoms. The van der Waals surface area contributed by atoms with E-state index in [0.29, 0.717) is 42.5 Å². The lowest BCUT2D eigenvalue weighted by atomic mass is 10.1. The number of methoxy groups -OCH3 is 2. The van der Waals surface area contributed by atoms with Crippen LogP contribution in [0, 0.1) is 5.82 Å². The minimum absolute atomic E-state index is 0. The van der Waals surface area contributed by atoms with Crippen LogP contribution in [0.5, 0.6) is 11.5 Å². The number of aliphatic hydroxyl groups is 1. The molecule has 0 spiro atoms. The van der Waals surface area contributed by atoms with Gasteiger partial charge in [-0.3, -0.25) is 4.99 Å². The van der Waals surface area contributed by atoms with Crippen molar-refractivity contribution in [1.29, 1.82) is 0 Å². The Morgan fingerprint density at radius 3 is 2.62 bits per heavy atom.